The summed E-state index contributed by atoms with van der Waals surface area (Å²) >= 11 is 0. The third-order valence-corrected chi connectivity index (χ3v) is 5.31. The summed E-state index contributed by atoms with van der Waals surface area (Å²) in [4.78, 5) is 46.0. The molecule has 132 valence electrons. The quantitative estimate of drug-likeness (QED) is 0.256. The zero-order valence-electron chi connectivity index (χ0n) is 14.6. The van der Waals surface area contributed by atoms with Crippen molar-refractivity contribution < 1.29 is 19.2 Å². The molecule has 0 saturated carbocycles. The van der Waals surface area contributed by atoms with Gasteiger partial charge < -0.3 is 0 Å². The maximum Gasteiger partial charge on any atom is 0.150 e. The Hall–Kier alpha value is -3.92. The van der Waals surface area contributed by atoms with Gasteiger partial charge in [0.05, 0.1) is 0 Å². The predicted molar refractivity (Wildman–Crippen MR) is 109 cm³/mol. The summed E-state index contributed by atoms with van der Waals surface area (Å²) in [7, 11) is 0. The number of carbonyl (C=O) groups excluding carboxylic acids is 4. The van der Waals surface area contributed by atoms with Gasteiger partial charge in [0.15, 0.2) is 0 Å². The highest BCUT2D eigenvalue weighted by Crippen LogP contribution is 2.41. The Labute approximate surface area is 158 Å². The molecule has 5 rings (SSSR count). The maximum absolute atomic E-state index is 11.5. The van der Waals surface area contributed by atoms with Crippen LogP contribution in [0.25, 0.3) is 43.1 Å². The highest BCUT2D eigenvalue weighted by atomic mass is 16.1. The summed E-state index contributed by atoms with van der Waals surface area (Å²) in [6, 6.07) is 14.2. The van der Waals surface area contributed by atoms with E-state index in [0.29, 0.717) is 22.3 Å². The first-order valence-electron chi connectivity index (χ1n) is 8.72. The van der Waals surface area contributed by atoms with Gasteiger partial charge in [0, 0.05) is 22.3 Å². The van der Waals surface area contributed by atoms with E-state index < -0.39 is 0 Å². The number of carbonyl (C=O) groups is 4. The Morgan fingerprint density at radius 2 is 0.643 bits per heavy atom. The minimum Gasteiger partial charge on any atom is -0.298 e. The van der Waals surface area contributed by atoms with Crippen LogP contribution in [-0.4, -0.2) is 25.1 Å². The van der Waals surface area contributed by atoms with Crippen molar-refractivity contribution in [3.8, 4) is 0 Å². The molecule has 5 aromatic carbocycles. The van der Waals surface area contributed by atoms with Crippen molar-refractivity contribution in [2.75, 3.05) is 0 Å². The van der Waals surface area contributed by atoms with Crippen molar-refractivity contribution >= 4 is 68.2 Å². The lowest BCUT2D eigenvalue weighted by atomic mass is 9.86. The zero-order valence-corrected chi connectivity index (χ0v) is 14.6. The van der Waals surface area contributed by atoms with Crippen LogP contribution in [0, 0.1) is 0 Å². The first-order valence-corrected chi connectivity index (χ1v) is 8.72. The van der Waals surface area contributed by atoms with Gasteiger partial charge in [-0.05, 0) is 91.6 Å². The molecule has 0 heterocycles. The van der Waals surface area contributed by atoms with Crippen LogP contribution in [0.1, 0.15) is 41.4 Å². The van der Waals surface area contributed by atoms with E-state index >= 15 is 0 Å². The first kappa shape index (κ1) is 16.3. The van der Waals surface area contributed by atoms with Crippen LogP contribution in [0.4, 0.5) is 0 Å². The first-order chi connectivity index (χ1) is 13.7. The smallest absolute Gasteiger partial charge is 0.150 e. The summed E-state index contributed by atoms with van der Waals surface area (Å²) in [5.41, 5.74) is 1.98. The van der Waals surface area contributed by atoms with Gasteiger partial charge in [0.2, 0.25) is 0 Å². The lowest BCUT2D eigenvalue weighted by Gasteiger charge is -2.16. The molecule has 4 nitrogen and oxygen atoms in total. The SMILES string of the molecule is O=Cc1cc2cc(C=O)cc3c4cc(C=O)cc5cc(C=O)cc(c(c1)c23)c54. The highest BCUT2D eigenvalue weighted by Gasteiger charge is 2.16. The molecule has 28 heavy (non-hydrogen) atoms. The van der Waals surface area contributed by atoms with E-state index in [4.69, 9.17) is 0 Å². The summed E-state index contributed by atoms with van der Waals surface area (Å²) in [5, 5.41) is 6.70. The average Bonchev–Trinajstić information content (AvgIpc) is 2.75. The Morgan fingerprint density at radius 3 is 0.857 bits per heavy atom. The monoisotopic (exact) mass is 364 g/mol. The van der Waals surface area contributed by atoms with Crippen molar-refractivity contribution in [2.45, 2.75) is 0 Å². The number of fused-ring (bicyclic) bond motifs is 2. The van der Waals surface area contributed by atoms with Crippen molar-refractivity contribution in [3.05, 3.63) is 70.8 Å². The van der Waals surface area contributed by atoms with Crippen molar-refractivity contribution in [1.29, 1.82) is 0 Å². The molecule has 0 atom stereocenters. The van der Waals surface area contributed by atoms with E-state index in [0.717, 1.165) is 68.2 Å². The fourth-order valence-corrected chi connectivity index (χ4v) is 4.25. The number of aldehydes is 4. The van der Waals surface area contributed by atoms with Gasteiger partial charge in [0.1, 0.15) is 25.1 Å². The standard InChI is InChI=1S/C24H12O4/c25-9-13-1-17-2-14(10-26)6-20-22-8-16(12-28)4-18-3-15(11-27)7-21(24(18)22)19(5-13)23(17)20/h1-12H. The van der Waals surface area contributed by atoms with E-state index in [9.17, 15) is 19.2 Å². The van der Waals surface area contributed by atoms with Crippen LogP contribution in [0.3, 0.4) is 0 Å². The minimum atomic E-state index is 0.495. The van der Waals surface area contributed by atoms with Gasteiger partial charge in [-0.2, -0.15) is 0 Å². The Morgan fingerprint density at radius 1 is 0.393 bits per heavy atom. The van der Waals surface area contributed by atoms with Gasteiger partial charge in [-0.15, -0.1) is 0 Å². The Kier molecular flexibility index (Phi) is 3.36. The minimum absolute atomic E-state index is 0.495. The van der Waals surface area contributed by atoms with Crippen molar-refractivity contribution in [1.82, 2.24) is 0 Å². The van der Waals surface area contributed by atoms with Crippen LogP contribution in [0.15, 0.2) is 48.5 Å². The second kappa shape index (κ2) is 5.79. The second-order valence-electron chi connectivity index (χ2n) is 6.94. The van der Waals surface area contributed by atoms with Crippen LogP contribution >= 0.6 is 0 Å². The van der Waals surface area contributed by atoms with Crippen LogP contribution < -0.4 is 0 Å². The van der Waals surface area contributed by atoms with E-state index in [-0.39, 0.29) is 0 Å². The fourth-order valence-electron chi connectivity index (χ4n) is 4.25. The topological polar surface area (TPSA) is 68.3 Å². The molecule has 0 aliphatic rings. The molecule has 0 spiro atoms. The van der Waals surface area contributed by atoms with Gasteiger partial charge in [-0.3, -0.25) is 19.2 Å². The molecule has 0 saturated heterocycles. The third-order valence-electron chi connectivity index (χ3n) is 5.31. The molecule has 0 fully saturated rings. The lowest BCUT2D eigenvalue weighted by Crippen LogP contribution is -1.94. The summed E-state index contributed by atoms with van der Waals surface area (Å²) in [6.45, 7) is 0. The van der Waals surface area contributed by atoms with Gasteiger partial charge in [0.25, 0.3) is 0 Å². The van der Waals surface area contributed by atoms with Crippen LogP contribution in [0.2, 0.25) is 0 Å². The fraction of sp³-hybridized carbons (Fsp3) is 0. The second-order valence-corrected chi connectivity index (χ2v) is 6.94. The number of rotatable bonds is 4. The maximum atomic E-state index is 11.5. The van der Waals surface area contributed by atoms with Gasteiger partial charge in [-0.25, -0.2) is 0 Å². The van der Waals surface area contributed by atoms with Crippen LogP contribution in [0.5, 0.6) is 0 Å². The summed E-state index contributed by atoms with van der Waals surface area (Å²) < 4.78 is 0. The van der Waals surface area contributed by atoms with Gasteiger partial charge in [-0.1, -0.05) is 0 Å². The molecule has 0 aliphatic carbocycles. The number of hydrogen-bond donors (Lipinski definition) is 0. The molecular formula is C24H12O4. The van der Waals surface area contributed by atoms with E-state index in [1.807, 2.05) is 0 Å². The van der Waals surface area contributed by atoms with E-state index in [1.54, 1.807) is 48.5 Å². The van der Waals surface area contributed by atoms with Gasteiger partial charge >= 0.3 is 0 Å². The largest absolute Gasteiger partial charge is 0.298 e. The molecule has 0 amide bonds. The average molecular weight is 364 g/mol. The third kappa shape index (κ3) is 2.12. The Balaban J connectivity index is 2.21. The van der Waals surface area contributed by atoms with Crippen LogP contribution in [-0.2, 0) is 0 Å². The highest BCUT2D eigenvalue weighted by molar-refractivity contribution is 6.34. The zero-order chi connectivity index (χ0) is 19.4. The lowest BCUT2D eigenvalue weighted by molar-refractivity contribution is 0.111. The molecule has 0 aliphatic heterocycles. The molecular weight excluding hydrogens is 352 g/mol. The summed E-state index contributed by atoms with van der Waals surface area (Å²) in [6.07, 6.45) is 3.09. The molecule has 0 aromatic heterocycles. The van der Waals surface area contributed by atoms with E-state index in [2.05, 4.69) is 0 Å². The van der Waals surface area contributed by atoms with Crippen molar-refractivity contribution in [2.24, 2.45) is 0 Å². The molecule has 4 heteroatoms. The molecule has 0 radical (unpaired) electrons. The predicted octanol–water partition coefficient (Wildman–Crippen LogP) is 4.99. The number of benzene rings is 5. The van der Waals surface area contributed by atoms with E-state index in [1.165, 1.54) is 0 Å². The molecule has 0 unspecified atom stereocenters. The number of hydrogen-bond acceptors (Lipinski definition) is 4. The normalized spacial score (nSPS) is 11.4. The molecule has 0 bridgehead atoms. The molecule has 5 aromatic rings. The Bertz CT molecular complexity index is 1260. The summed E-state index contributed by atoms with van der Waals surface area (Å²) in [5.74, 6) is 0. The van der Waals surface area contributed by atoms with Crippen molar-refractivity contribution in [3.63, 3.8) is 0 Å². The molecule has 0 N–H and O–H groups in total.